The minimum atomic E-state index is -0.422. The third-order valence-corrected chi connectivity index (χ3v) is 3.00. The van der Waals surface area contributed by atoms with Crippen molar-refractivity contribution < 1.29 is 4.79 Å². The highest BCUT2D eigenvalue weighted by Gasteiger charge is 2.11. The fourth-order valence-corrected chi connectivity index (χ4v) is 2.04. The summed E-state index contributed by atoms with van der Waals surface area (Å²) in [4.78, 5) is 19.8. The van der Waals surface area contributed by atoms with Crippen LogP contribution in [0.25, 0.3) is 0 Å². The number of hydrogen-bond acceptors (Lipinski definition) is 5. The fourth-order valence-electron chi connectivity index (χ4n) is 1.32. The van der Waals surface area contributed by atoms with Crippen LogP contribution in [0.15, 0.2) is 35.1 Å². The second-order valence-electron chi connectivity index (χ2n) is 3.51. The summed E-state index contributed by atoms with van der Waals surface area (Å²) >= 11 is 9.29. The van der Waals surface area contributed by atoms with Crippen LogP contribution in [0.1, 0.15) is 10.5 Å². The number of aromatic nitrogens is 2. The van der Waals surface area contributed by atoms with Gasteiger partial charge in [0.1, 0.15) is 5.69 Å². The molecule has 0 aliphatic heterocycles. The van der Waals surface area contributed by atoms with E-state index in [0.29, 0.717) is 16.5 Å². The normalized spacial score (nSPS) is 10.1. The Bertz CT molecular complexity index is 622. The smallest absolute Gasteiger partial charge is 0.275 e. The lowest BCUT2D eigenvalue weighted by Crippen LogP contribution is -2.16. The summed E-state index contributed by atoms with van der Waals surface area (Å²) in [5, 5.41) is 3.06. The van der Waals surface area contributed by atoms with Crippen LogP contribution in [0.2, 0.25) is 5.02 Å². The molecule has 2 rings (SSSR count). The number of nitrogens with one attached hydrogen (secondary N) is 2. The molecule has 1 aromatic carbocycles. The highest BCUT2D eigenvalue weighted by molar-refractivity contribution is 9.10. The largest absolute Gasteiger partial charge is 0.319 e. The lowest BCUT2D eigenvalue weighted by atomic mass is 10.3. The maximum Gasteiger partial charge on any atom is 0.275 e. The van der Waals surface area contributed by atoms with Gasteiger partial charge in [-0.15, -0.1) is 0 Å². The number of nitrogens with zero attached hydrogens (tertiary/aromatic N) is 2. The maximum atomic E-state index is 12.0. The van der Waals surface area contributed by atoms with Crippen molar-refractivity contribution in [1.29, 1.82) is 0 Å². The quantitative estimate of drug-likeness (QED) is 0.588. The van der Waals surface area contributed by atoms with Crippen LogP contribution >= 0.6 is 27.5 Å². The second kappa shape index (κ2) is 5.96. The number of hydrazine groups is 1. The molecule has 0 spiro atoms. The molecule has 0 fully saturated rings. The Morgan fingerprint density at radius 1 is 1.37 bits per heavy atom. The van der Waals surface area contributed by atoms with E-state index >= 15 is 0 Å². The van der Waals surface area contributed by atoms with Gasteiger partial charge < -0.3 is 10.7 Å². The van der Waals surface area contributed by atoms with E-state index in [1.807, 2.05) is 0 Å². The van der Waals surface area contributed by atoms with Crippen molar-refractivity contribution in [2.24, 2.45) is 5.84 Å². The molecule has 1 amide bonds. The van der Waals surface area contributed by atoms with Crippen molar-refractivity contribution in [2.75, 3.05) is 10.7 Å². The highest BCUT2D eigenvalue weighted by atomic mass is 79.9. The van der Waals surface area contributed by atoms with Crippen LogP contribution < -0.4 is 16.6 Å². The zero-order valence-electron chi connectivity index (χ0n) is 9.52. The first-order chi connectivity index (χ1) is 9.10. The van der Waals surface area contributed by atoms with E-state index < -0.39 is 5.91 Å². The van der Waals surface area contributed by atoms with Crippen LogP contribution in [-0.2, 0) is 0 Å². The summed E-state index contributed by atoms with van der Waals surface area (Å²) in [5.74, 6) is 5.08. The molecule has 0 radical (unpaired) electrons. The number of amides is 1. The van der Waals surface area contributed by atoms with Gasteiger partial charge in [0, 0.05) is 4.47 Å². The molecule has 0 saturated heterocycles. The van der Waals surface area contributed by atoms with Crippen molar-refractivity contribution in [2.45, 2.75) is 0 Å². The molecule has 0 atom stereocenters. The van der Waals surface area contributed by atoms with Crippen molar-refractivity contribution in [3.05, 3.63) is 45.8 Å². The predicted octanol–water partition coefficient (Wildman–Crippen LogP) is 2.43. The van der Waals surface area contributed by atoms with Crippen molar-refractivity contribution in [1.82, 2.24) is 9.97 Å². The molecule has 4 N–H and O–H groups in total. The van der Waals surface area contributed by atoms with Gasteiger partial charge in [-0.1, -0.05) is 27.5 Å². The average Bonchev–Trinajstić information content (AvgIpc) is 2.42. The number of nitrogen functional groups attached to an aromatic ring is 1. The molecule has 0 unspecified atom stereocenters. The molecule has 0 aliphatic rings. The third-order valence-electron chi connectivity index (χ3n) is 2.19. The first-order valence-corrected chi connectivity index (χ1v) is 6.32. The maximum absolute atomic E-state index is 12.0. The molecular formula is C11H9BrClN5O. The molecule has 1 heterocycles. The van der Waals surface area contributed by atoms with E-state index in [1.54, 1.807) is 18.2 Å². The van der Waals surface area contributed by atoms with Crippen LogP contribution in [0.3, 0.4) is 0 Å². The second-order valence-corrected chi connectivity index (χ2v) is 4.84. The standard InChI is InChI=1S/C11H9BrClN5O/c12-6-1-2-8(7(13)3-6)17-11(19)9-4-15-5-10(16-9)18-14/h1-5H,14H2,(H,16,18)(H,17,19). The minimum absolute atomic E-state index is 0.134. The van der Waals surface area contributed by atoms with Crippen LogP contribution in [0.5, 0.6) is 0 Å². The topological polar surface area (TPSA) is 92.9 Å². The highest BCUT2D eigenvalue weighted by Crippen LogP contribution is 2.25. The van der Waals surface area contributed by atoms with Gasteiger partial charge in [0.2, 0.25) is 0 Å². The fraction of sp³-hybridized carbons (Fsp3) is 0. The van der Waals surface area contributed by atoms with Crippen molar-refractivity contribution in [3.63, 3.8) is 0 Å². The van der Waals surface area contributed by atoms with Crippen LogP contribution in [0, 0.1) is 0 Å². The summed E-state index contributed by atoms with van der Waals surface area (Å²) < 4.78 is 0.824. The first-order valence-electron chi connectivity index (χ1n) is 5.15. The Kier molecular flexibility index (Phi) is 4.31. The molecule has 0 saturated carbocycles. The Balaban J connectivity index is 2.20. The first kappa shape index (κ1) is 13.7. The Labute approximate surface area is 122 Å². The summed E-state index contributed by atoms with van der Waals surface area (Å²) in [6.07, 6.45) is 2.74. The number of carbonyl (C=O) groups is 1. The number of halogens is 2. The van der Waals surface area contributed by atoms with Gasteiger partial charge in [0.15, 0.2) is 5.82 Å². The van der Waals surface area contributed by atoms with Gasteiger partial charge in [-0.05, 0) is 18.2 Å². The molecule has 0 aliphatic carbocycles. The van der Waals surface area contributed by atoms with Gasteiger partial charge in [-0.25, -0.2) is 10.8 Å². The zero-order valence-corrected chi connectivity index (χ0v) is 11.9. The summed E-state index contributed by atoms with van der Waals surface area (Å²) in [7, 11) is 0. The summed E-state index contributed by atoms with van der Waals surface area (Å²) in [6, 6.07) is 5.13. The van der Waals surface area contributed by atoms with E-state index in [-0.39, 0.29) is 5.69 Å². The minimum Gasteiger partial charge on any atom is -0.319 e. The number of benzene rings is 1. The lowest BCUT2D eigenvalue weighted by molar-refractivity contribution is 0.102. The number of hydrogen-bond donors (Lipinski definition) is 3. The van der Waals surface area contributed by atoms with Crippen LogP contribution in [-0.4, -0.2) is 15.9 Å². The lowest BCUT2D eigenvalue weighted by Gasteiger charge is -2.07. The molecule has 98 valence electrons. The Morgan fingerprint density at radius 3 is 2.84 bits per heavy atom. The van der Waals surface area contributed by atoms with E-state index in [1.165, 1.54) is 12.4 Å². The molecule has 1 aromatic heterocycles. The number of anilines is 2. The Hall–Kier alpha value is -1.70. The molecule has 6 nitrogen and oxygen atoms in total. The van der Waals surface area contributed by atoms with Gasteiger partial charge in [-0.3, -0.25) is 9.78 Å². The SMILES string of the molecule is NNc1cncc(C(=O)Nc2ccc(Br)cc2Cl)n1. The summed E-state index contributed by atoms with van der Waals surface area (Å²) in [5.41, 5.74) is 2.94. The zero-order chi connectivity index (χ0) is 13.8. The van der Waals surface area contributed by atoms with Gasteiger partial charge in [0.25, 0.3) is 5.91 Å². The third kappa shape index (κ3) is 3.40. The van der Waals surface area contributed by atoms with Gasteiger partial charge >= 0.3 is 0 Å². The van der Waals surface area contributed by atoms with Gasteiger partial charge in [-0.2, -0.15) is 0 Å². The molecular weight excluding hydrogens is 334 g/mol. The number of rotatable bonds is 3. The van der Waals surface area contributed by atoms with Gasteiger partial charge in [0.05, 0.1) is 23.1 Å². The monoisotopic (exact) mass is 341 g/mol. The predicted molar refractivity (Wildman–Crippen MR) is 76.9 cm³/mol. The van der Waals surface area contributed by atoms with Crippen molar-refractivity contribution >= 4 is 44.9 Å². The molecule has 8 heteroatoms. The molecule has 2 aromatic rings. The van der Waals surface area contributed by atoms with Crippen LogP contribution in [0.4, 0.5) is 11.5 Å². The average molecular weight is 343 g/mol. The number of carbonyl (C=O) groups excluding carboxylic acids is 1. The Morgan fingerprint density at radius 2 is 2.16 bits per heavy atom. The van der Waals surface area contributed by atoms with E-state index in [2.05, 4.69) is 36.6 Å². The summed E-state index contributed by atoms with van der Waals surface area (Å²) in [6.45, 7) is 0. The van der Waals surface area contributed by atoms with Crippen molar-refractivity contribution in [3.8, 4) is 0 Å². The molecule has 0 bridgehead atoms. The van der Waals surface area contributed by atoms with E-state index in [0.717, 1.165) is 4.47 Å². The van der Waals surface area contributed by atoms with E-state index in [4.69, 9.17) is 17.4 Å². The van der Waals surface area contributed by atoms with E-state index in [9.17, 15) is 4.79 Å². The molecule has 19 heavy (non-hydrogen) atoms. The number of nitrogens with two attached hydrogens (primary N) is 1.